The third kappa shape index (κ3) is 12.3. The Morgan fingerprint density at radius 3 is 1.06 bits per heavy atom. The molecule has 0 saturated heterocycles. The molecule has 0 rings (SSSR count). The molecule has 0 atom stereocenters. The molecule has 0 fully saturated rings. The van der Waals surface area contributed by atoms with Gasteiger partial charge in [-0.2, -0.15) is 0 Å². The zero-order valence-electron chi connectivity index (χ0n) is 14.0. The van der Waals surface area contributed by atoms with E-state index in [4.69, 9.17) is 0 Å². The highest BCUT2D eigenvalue weighted by Gasteiger charge is 2.11. The van der Waals surface area contributed by atoms with Crippen LogP contribution in [0.5, 0.6) is 0 Å². The second-order valence-electron chi connectivity index (χ2n) is 7.63. The van der Waals surface area contributed by atoms with Gasteiger partial charge in [0.1, 0.15) is 0 Å². The van der Waals surface area contributed by atoms with Crippen LogP contribution in [-0.2, 0) is 0 Å². The van der Waals surface area contributed by atoms with E-state index in [1.165, 1.54) is 26.2 Å². The summed E-state index contributed by atoms with van der Waals surface area (Å²) in [6.07, 6.45) is 0. The molecule has 0 aromatic heterocycles. The van der Waals surface area contributed by atoms with Crippen LogP contribution in [0.25, 0.3) is 0 Å². The van der Waals surface area contributed by atoms with Gasteiger partial charge in [-0.3, -0.25) is 9.80 Å². The number of hydrogen-bond acceptors (Lipinski definition) is 2. The van der Waals surface area contributed by atoms with E-state index in [9.17, 15) is 0 Å². The van der Waals surface area contributed by atoms with Crippen molar-refractivity contribution >= 4 is 0 Å². The first-order valence-corrected chi connectivity index (χ1v) is 6.98. The zero-order valence-corrected chi connectivity index (χ0v) is 14.0. The van der Waals surface area contributed by atoms with Crippen molar-refractivity contribution in [1.29, 1.82) is 0 Å². The van der Waals surface area contributed by atoms with E-state index in [2.05, 4.69) is 66.2 Å². The lowest BCUT2D eigenvalue weighted by atomic mass is 10.4. The Morgan fingerprint density at radius 2 is 0.833 bits per heavy atom. The maximum absolute atomic E-state index is 2.44. The molecule has 4 nitrogen and oxygen atoms in total. The summed E-state index contributed by atoms with van der Waals surface area (Å²) in [5.74, 6) is 0. The quantitative estimate of drug-likeness (QED) is 0.549. The molecule has 110 valence electrons. The van der Waals surface area contributed by atoms with Crippen LogP contribution in [0, 0.1) is 0 Å². The summed E-state index contributed by atoms with van der Waals surface area (Å²) in [4.78, 5) is 4.87. The van der Waals surface area contributed by atoms with Gasteiger partial charge in [0.05, 0.1) is 55.4 Å². The minimum absolute atomic E-state index is 1.04. The predicted molar refractivity (Wildman–Crippen MR) is 80.8 cm³/mol. The van der Waals surface area contributed by atoms with E-state index in [-0.39, 0.29) is 0 Å². The number of nitrogens with zero attached hydrogens (tertiary/aromatic N) is 4. The van der Waals surface area contributed by atoms with Gasteiger partial charge in [0.15, 0.2) is 0 Å². The Kier molecular flexibility index (Phi) is 7.37. The van der Waals surface area contributed by atoms with Crippen molar-refractivity contribution in [2.45, 2.75) is 0 Å². The topological polar surface area (TPSA) is 6.48 Å². The highest BCUT2D eigenvalue weighted by molar-refractivity contribution is 4.56. The van der Waals surface area contributed by atoms with Crippen LogP contribution in [0.2, 0.25) is 0 Å². The van der Waals surface area contributed by atoms with Gasteiger partial charge >= 0.3 is 0 Å². The third-order valence-corrected chi connectivity index (χ3v) is 3.17. The summed E-state index contributed by atoms with van der Waals surface area (Å²) in [5.41, 5.74) is 0. The van der Waals surface area contributed by atoms with E-state index >= 15 is 0 Å². The van der Waals surface area contributed by atoms with Crippen LogP contribution in [0.15, 0.2) is 0 Å². The van der Waals surface area contributed by atoms with Crippen molar-refractivity contribution in [2.75, 3.05) is 95.6 Å². The van der Waals surface area contributed by atoms with E-state index in [1.807, 2.05) is 0 Å². The van der Waals surface area contributed by atoms with Gasteiger partial charge in [-0.15, -0.1) is 0 Å². The van der Waals surface area contributed by atoms with Gasteiger partial charge in [-0.25, -0.2) is 0 Å². The standard InChI is InChI=1S/C14H36N4/c1-15(11-13-17(3,4)5)9-10-16(2)12-14-18(6,7)8/h9-14H2,1-8H3/q+2. The first kappa shape index (κ1) is 17.8. The minimum Gasteiger partial charge on any atom is -0.330 e. The Hall–Kier alpha value is -0.160. The first-order chi connectivity index (χ1) is 7.99. The maximum atomic E-state index is 2.44. The Morgan fingerprint density at radius 1 is 0.556 bits per heavy atom. The summed E-state index contributed by atoms with van der Waals surface area (Å²) < 4.78 is 2.09. The Bertz CT molecular complexity index is 191. The molecule has 0 heterocycles. The summed E-state index contributed by atoms with van der Waals surface area (Å²) in [6, 6.07) is 0. The molecule has 4 heteroatoms. The van der Waals surface area contributed by atoms with Crippen LogP contribution >= 0.6 is 0 Å². The van der Waals surface area contributed by atoms with Crippen molar-refractivity contribution < 1.29 is 8.97 Å². The lowest BCUT2D eigenvalue weighted by Gasteiger charge is -2.29. The van der Waals surface area contributed by atoms with Crippen LogP contribution in [-0.4, -0.2) is 114 Å². The Labute approximate surface area is 115 Å². The van der Waals surface area contributed by atoms with Crippen LogP contribution in [0.1, 0.15) is 0 Å². The molecule has 0 unspecified atom stereocenters. The highest BCUT2D eigenvalue weighted by Crippen LogP contribution is 1.94. The van der Waals surface area contributed by atoms with Crippen molar-refractivity contribution in [3.63, 3.8) is 0 Å². The van der Waals surface area contributed by atoms with Crippen LogP contribution in [0.3, 0.4) is 0 Å². The molecule has 0 aromatic rings. The lowest BCUT2D eigenvalue weighted by molar-refractivity contribution is -0.869. The molecule has 0 aromatic carbocycles. The van der Waals surface area contributed by atoms with Crippen LogP contribution in [0.4, 0.5) is 0 Å². The average Bonchev–Trinajstić information content (AvgIpc) is 2.18. The monoisotopic (exact) mass is 260 g/mol. The molecule has 0 spiro atoms. The van der Waals surface area contributed by atoms with Crippen molar-refractivity contribution in [2.24, 2.45) is 0 Å². The van der Waals surface area contributed by atoms with E-state index in [1.54, 1.807) is 0 Å². The number of hydrogen-bond donors (Lipinski definition) is 0. The van der Waals surface area contributed by atoms with E-state index in [0.29, 0.717) is 0 Å². The molecular formula is C14H36N4+2. The molecule has 0 amide bonds. The fourth-order valence-corrected chi connectivity index (χ4v) is 1.51. The van der Waals surface area contributed by atoms with Crippen molar-refractivity contribution in [1.82, 2.24) is 9.80 Å². The Balaban J connectivity index is 3.68. The molecule has 0 bridgehead atoms. The molecule has 18 heavy (non-hydrogen) atoms. The molecular weight excluding hydrogens is 224 g/mol. The fourth-order valence-electron chi connectivity index (χ4n) is 1.51. The molecule has 0 aliphatic rings. The number of rotatable bonds is 9. The average molecular weight is 260 g/mol. The lowest BCUT2D eigenvalue weighted by Crippen LogP contribution is -2.44. The minimum atomic E-state index is 1.04. The normalized spacial score (nSPS) is 13.7. The summed E-state index contributed by atoms with van der Waals surface area (Å²) in [6.45, 7) is 7.08. The largest absolute Gasteiger partial charge is 0.330 e. The molecule has 0 radical (unpaired) electrons. The van der Waals surface area contributed by atoms with Gasteiger partial charge < -0.3 is 8.97 Å². The maximum Gasteiger partial charge on any atom is 0.0909 e. The molecule has 0 N–H and O–H groups in total. The predicted octanol–water partition coefficient (Wildman–Crippen LogP) is 0.262. The SMILES string of the molecule is CN(CCN(C)CC[N+](C)(C)C)CC[N+](C)(C)C. The summed E-state index contributed by atoms with van der Waals surface area (Å²) in [5, 5.41) is 0. The van der Waals surface area contributed by atoms with Crippen molar-refractivity contribution in [3.8, 4) is 0 Å². The van der Waals surface area contributed by atoms with E-state index in [0.717, 1.165) is 22.1 Å². The van der Waals surface area contributed by atoms with E-state index < -0.39 is 0 Å². The number of quaternary nitrogens is 2. The first-order valence-electron chi connectivity index (χ1n) is 6.98. The summed E-state index contributed by atoms with van der Waals surface area (Å²) >= 11 is 0. The number of likely N-dealkylation sites (N-methyl/N-ethyl adjacent to an activating group) is 4. The third-order valence-electron chi connectivity index (χ3n) is 3.17. The van der Waals surface area contributed by atoms with Crippen LogP contribution < -0.4 is 0 Å². The van der Waals surface area contributed by atoms with Gasteiger partial charge in [-0.1, -0.05) is 0 Å². The fraction of sp³-hybridized carbons (Fsp3) is 1.00. The molecule has 0 aliphatic heterocycles. The van der Waals surface area contributed by atoms with Crippen molar-refractivity contribution in [3.05, 3.63) is 0 Å². The molecule has 0 saturated carbocycles. The smallest absolute Gasteiger partial charge is 0.0909 e. The second kappa shape index (κ2) is 7.43. The summed E-state index contributed by atoms with van der Waals surface area (Å²) in [7, 11) is 18.0. The highest BCUT2D eigenvalue weighted by atomic mass is 15.3. The zero-order chi connectivity index (χ0) is 14.4. The van der Waals surface area contributed by atoms with Gasteiger partial charge in [0.25, 0.3) is 0 Å². The molecule has 0 aliphatic carbocycles. The van der Waals surface area contributed by atoms with Gasteiger partial charge in [0.2, 0.25) is 0 Å². The second-order valence-corrected chi connectivity index (χ2v) is 7.63. The van der Waals surface area contributed by atoms with Gasteiger partial charge in [-0.05, 0) is 14.1 Å². The van der Waals surface area contributed by atoms with Gasteiger partial charge in [0, 0.05) is 26.2 Å².